The Morgan fingerprint density at radius 3 is 2.55 bits per heavy atom. The van der Waals surface area contributed by atoms with Crippen LogP contribution in [0.1, 0.15) is 45.7 Å². The molecule has 0 unspecified atom stereocenters. The second-order valence-corrected chi connectivity index (χ2v) is 6.89. The first-order chi connectivity index (χ1) is 13.8. The van der Waals surface area contributed by atoms with Gasteiger partial charge in [0.2, 0.25) is 5.78 Å². The number of carbonyl (C=O) groups is 3. The highest BCUT2D eigenvalue weighted by atomic mass is 16.5. The molecule has 1 aromatic carbocycles. The predicted molar refractivity (Wildman–Crippen MR) is 111 cm³/mol. The molecule has 0 fully saturated rings. The van der Waals surface area contributed by atoms with Crippen LogP contribution in [-0.2, 0) is 25.6 Å². The van der Waals surface area contributed by atoms with E-state index in [1.165, 1.54) is 13.2 Å². The summed E-state index contributed by atoms with van der Waals surface area (Å²) in [7, 11) is 1.36. The normalized spacial score (nSPS) is 10.9. The highest BCUT2D eigenvalue weighted by Gasteiger charge is 2.17. The number of hydrogen-bond donors (Lipinski definition) is 0. The molecule has 0 saturated heterocycles. The molecule has 29 heavy (non-hydrogen) atoms. The van der Waals surface area contributed by atoms with Crippen LogP contribution in [0.2, 0.25) is 0 Å². The van der Waals surface area contributed by atoms with Crippen LogP contribution >= 0.6 is 0 Å². The molecule has 1 aromatic heterocycles. The van der Waals surface area contributed by atoms with E-state index in [9.17, 15) is 14.4 Å². The van der Waals surface area contributed by atoms with Gasteiger partial charge in [0.1, 0.15) is 0 Å². The Balaban J connectivity index is 1.92. The van der Waals surface area contributed by atoms with Crippen molar-refractivity contribution in [3.8, 4) is 0 Å². The minimum absolute atomic E-state index is 0.255. The summed E-state index contributed by atoms with van der Waals surface area (Å²) in [6, 6.07) is 9.50. The molecule has 0 atom stereocenters. The van der Waals surface area contributed by atoms with E-state index in [0.717, 1.165) is 22.5 Å². The fourth-order valence-corrected chi connectivity index (χ4v) is 3.11. The molecule has 154 valence electrons. The van der Waals surface area contributed by atoms with Crippen molar-refractivity contribution in [2.45, 2.75) is 40.2 Å². The Morgan fingerprint density at radius 1 is 1.10 bits per heavy atom. The molecule has 0 amide bonds. The molecule has 2 aromatic rings. The Labute approximate surface area is 171 Å². The minimum atomic E-state index is -0.563. The van der Waals surface area contributed by atoms with Crippen LogP contribution in [0.4, 0.5) is 0 Å². The van der Waals surface area contributed by atoms with E-state index in [1.54, 1.807) is 12.1 Å². The lowest BCUT2D eigenvalue weighted by atomic mass is 10.1. The third kappa shape index (κ3) is 6.45. The van der Waals surface area contributed by atoms with Crippen LogP contribution in [0.5, 0.6) is 0 Å². The van der Waals surface area contributed by atoms with Crippen molar-refractivity contribution in [2.24, 2.45) is 0 Å². The Hall–Kier alpha value is -3.15. The first-order valence-electron chi connectivity index (χ1n) is 9.50. The number of carbonyl (C=O) groups excluding carboxylic acids is 3. The fraction of sp³-hybridized carbons (Fsp3) is 0.348. The van der Waals surface area contributed by atoms with Gasteiger partial charge >= 0.3 is 11.9 Å². The highest BCUT2D eigenvalue weighted by Crippen LogP contribution is 2.17. The summed E-state index contributed by atoms with van der Waals surface area (Å²) < 4.78 is 11.7. The third-order valence-electron chi connectivity index (χ3n) is 4.66. The van der Waals surface area contributed by atoms with Gasteiger partial charge in [0.25, 0.3) is 0 Å². The monoisotopic (exact) mass is 397 g/mol. The molecule has 0 aliphatic carbocycles. The van der Waals surface area contributed by atoms with Gasteiger partial charge in [0, 0.05) is 36.0 Å². The second kappa shape index (κ2) is 10.4. The highest BCUT2D eigenvalue weighted by molar-refractivity contribution is 6.00. The van der Waals surface area contributed by atoms with E-state index in [2.05, 4.69) is 4.74 Å². The van der Waals surface area contributed by atoms with Crippen molar-refractivity contribution < 1.29 is 23.9 Å². The molecule has 6 nitrogen and oxygen atoms in total. The van der Waals surface area contributed by atoms with Gasteiger partial charge in [-0.05, 0) is 44.9 Å². The van der Waals surface area contributed by atoms with Gasteiger partial charge in [-0.25, -0.2) is 4.79 Å². The zero-order valence-electron chi connectivity index (χ0n) is 17.4. The number of hydrogen-bond acceptors (Lipinski definition) is 5. The molecular formula is C23H27NO5. The molecule has 0 aliphatic rings. The number of benzene rings is 1. The van der Waals surface area contributed by atoms with Gasteiger partial charge in [-0.3, -0.25) is 9.59 Å². The van der Waals surface area contributed by atoms with E-state index in [-0.39, 0.29) is 18.4 Å². The van der Waals surface area contributed by atoms with Crippen molar-refractivity contribution in [3.05, 3.63) is 64.5 Å². The molecule has 6 heteroatoms. The van der Waals surface area contributed by atoms with Crippen LogP contribution in [0, 0.1) is 20.8 Å². The maximum Gasteiger partial charge on any atom is 0.331 e. The van der Waals surface area contributed by atoms with Crippen LogP contribution in [0.3, 0.4) is 0 Å². The lowest BCUT2D eigenvalue weighted by molar-refractivity contribution is -0.140. The Bertz CT molecular complexity index is 923. The van der Waals surface area contributed by atoms with Crippen molar-refractivity contribution >= 4 is 23.8 Å². The van der Waals surface area contributed by atoms with Crippen LogP contribution in [0.15, 0.2) is 36.4 Å². The quantitative estimate of drug-likeness (QED) is 0.365. The zero-order chi connectivity index (χ0) is 21.4. The number of ether oxygens (including phenoxy) is 2. The van der Waals surface area contributed by atoms with Crippen LogP contribution in [-0.4, -0.2) is 36.0 Å². The Kier molecular flexibility index (Phi) is 7.95. The summed E-state index contributed by atoms with van der Waals surface area (Å²) in [6.45, 7) is 6.01. The molecule has 0 saturated carbocycles. The number of methoxy groups -OCH3 is 1. The third-order valence-corrected chi connectivity index (χ3v) is 4.66. The largest absolute Gasteiger partial charge is 0.469 e. The molecular weight excluding hydrogens is 370 g/mol. The average molecular weight is 397 g/mol. The zero-order valence-corrected chi connectivity index (χ0v) is 17.4. The smallest absolute Gasteiger partial charge is 0.331 e. The SMILES string of the molecule is COC(=O)CCCn1c(C)cc(C(=O)COC(=O)/C=C/c2cccc(C)c2)c1C. The molecule has 0 N–H and O–H groups in total. The summed E-state index contributed by atoms with van der Waals surface area (Å²) in [5, 5.41) is 0. The first kappa shape index (κ1) is 22.1. The van der Waals surface area contributed by atoms with E-state index in [1.807, 2.05) is 49.6 Å². The van der Waals surface area contributed by atoms with Gasteiger partial charge in [0.15, 0.2) is 6.61 Å². The van der Waals surface area contributed by atoms with Crippen molar-refractivity contribution in [1.82, 2.24) is 4.57 Å². The van der Waals surface area contributed by atoms with Gasteiger partial charge in [-0.1, -0.05) is 29.8 Å². The van der Waals surface area contributed by atoms with Crippen LogP contribution < -0.4 is 0 Å². The number of nitrogens with zero attached hydrogens (tertiary/aromatic N) is 1. The topological polar surface area (TPSA) is 74.6 Å². The van der Waals surface area contributed by atoms with E-state index >= 15 is 0 Å². The van der Waals surface area contributed by atoms with E-state index in [0.29, 0.717) is 24.9 Å². The number of aromatic nitrogens is 1. The van der Waals surface area contributed by atoms with Crippen molar-refractivity contribution in [2.75, 3.05) is 13.7 Å². The minimum Gasteiger partial charge on any atom is -0.469 e. The molecule has 0 spiro atoms. The van der Waals surface area contributed by atoms with E-state index in [4.69, 9.17) is 4.74 Å². The molecule has 1 heterocycles. The molecule has 0 aliphatic heterocycles. The Morgan fingerprint density at radius 2 is 1.86 bits per heavy atom. The summed E-state index contributed by atoms with van der Waals surface area (Å²) >= 11 is 0. The summed E-state index contributed by atoms with van der Waals surface area (Å²) in [4.78, 5) is 35.7. The van der Waals surface area contributed by atoms with Gasteiger partial charge in [-0.15, -0.1) is 0 Å². The second-order valence-electron chi connectivity index (χ2n) is 6.89. The number of esters is 2. The first-order valence-corrected chi connectivity index (χ1v) is 9.50. The number of rotatable bonds is 9. The number of aryl methyl sites for hydroxylation is 2. The fourth-order valence-electron chi connectivity index (χ4n) is 3.11. The summed E-state index contributed by atoms with van der Waals surface area (Å²) in [5.74, 6) is -1.07. The maximum atomic E-state index is 12.5. The van der Waals surface area contributed by atoms with Crippen LogP contribution in [0.25, 0.3) is 6.08 Å². The maximum absolute atomic E-state index is 12.5. The van der Waals surface area contributed by atoms with Crippen molar-refractivity contribution in [1.29, 1.82) is 0 Å². The van der Waals surface area contributed by atoms with Gasteiger partial charge < -0.3 is 14.0 Å². The summed E-state index contributed by atoms with van der Waals surface area (Å²) in [5.41, 5.74) is 4.22. The molecule has 2 rings (SSSR count). The number of Topliss-reactive ketones (excluding diaryl/α,β-unsaturated/α-hetero) is 1. The number of ketones is 1. The molecule has 0 bridgehead atoms. The van der Waals surface area contributed by atoms with Gasteiger partial charge in [-0.2, -0.15) is 0 Å². The van der Waals surface area contributed by atoms with Gasteiger partial charge in [0.05, 0.1) is 7.11 Å². The average Bonchev–Trinajstić information content (AvgIpc) is 2.98. The standard InChI is InChI=1S/C23H27NO5/c1-16-7-5-8-19(13-16)10-11-23(27)29-15-21(25)20-14-17(2)24(18(20)3)12-6-9-22(26)28-4/h5,7-8,10-11,13-14H,6,9,12,15H2,1-4H3/b11-10+. The predicted octanol–water partition coefficient (Wildman–Crippen LogP) is 3.81. The van der Waals surface area contributed by atoms with Crippen molar-refractivity contribution in [3.63, 3.8) is 0 Å². The van der Waals surface area contributed by atoms with E-state index < -0.39 is 5.97 Å². The molecule has 0 radical (unpaired) electrons. The lowest BCUT2D eigenvalue weighted by Gasteiger charge is -2.09. The lowest BCUT2D eigenvalue weighted by Crippen LogP contribution is -2.14. The summed E-state index contributed by atoms with van der Waals surface area (Å²) in [6.07, 6.45) is 3.92.